The lowest BCUT2D eigenvalue weighted by molar-refractivity contribution is 0.0746. The number of amides is 1. The Bertz CT molecular complexity index is 995. The zero-order chi connectivity index (χ0) is 20.4. The number of aromatic nitrogens is 6. The molecule has 0 radical (unpaired) electrons. The third-order valence-electron chi connectivity index (χ3n) is 4.84. The largest absolute Gasteiger partial charge is 0.363 e. The molecule has 0 aliphatic carbocycles. The van der Waals surface area contributed by atoms with Gasteiger partial charge in [0.2, 0.25) is 5.95 Å². The fourth-order valence-electron chi connectivity index (χ4n) is 3.26. The number of hydrogen-bond donors (Lipinski definition) is 0. The van der Waals surface area contributed by atoms with Crippen LogP contribution in [0.1, 0.15) is 16.1 Å². The first kappa shape index (κ1) is 18.8. The zero-order valence-corrected chi connectivity index (χ0v) is 16.7. The normalized spacial score (nSPS) is 14.2. The van der Waals surface area contributed by atoms with Crippen molar-refractivity contribution >= 4 is 17.7 Å². The smallest absolute Gasteiger partial charge is 0.254 e. The van der Waals surface area contributed by atoms with Crippen LogP contribution in [0.3, 0.4) is 0 Å². The van der Waals surface area contributed by atoms with Gasteiger partial charge in [-0.2, -0.15) is 4.98 Å². The lowest BCUT2D eigenvalue weighted by Crippen LogP contribution is -2.49. The van der Waals surface area contributed by atoms with Crippen molar-refractivity contribution in [1.29, 1.82) is 0 Å². The summed E-state index contributed by atoms with van der Waals surface area (Å²) in [4.78, 5) is 28.1. The van der Waals surface area contributed by atoms with E-state index in [1.807, 2.05) is 55.1 Å². The van der Waals surface area contributed by atoms with Crippen LogP contribution in [0.15, 0.2) is 36.7 Å². The number of carbonyl (C=O) groups excluding carboxylic acids is 1. The second kappa shape index (κ2) is 7.82. The van der Waals surface area contributed by atoms with Crippen LogP contribution >= 0.6 is 0 Å². The maximum Gasteiger partial charge on any atom is 0.254 e. The molecule has 1 aliphatic rings. The minimum Gasteiger partial charge on any atom is -0.363 e. The standard InChI is InChI=1S/C19H23N9O/c1-14-11-17(25(2)3)22-19(21-14)27-9-7-26(8-10-27)18(29)15-5-4-6-16(12-15)28-13-20-23-24-28/h4-6,11-13H,7-10H2,1-3H3. The summed E-state index contributed by atoms with van der Waals surface area (Å²) in [6.07, 6.45) is 1.51. The molecule has 10 nitrogen and oxygen atoms in total. The number of benzene rings is 1. The highest BCUT2D eigenvalue weighted by Crippen LogP contribution is 2.18. The fraction of sp³-hybridized carbons (Fsp3) is 0.368. The van der Waals surface area contributed by atoms with Gasteiger partial charge in [-0.3, -0.25) is 4.79 Å². The van der Waals surface area contributed by atoms with E-state index in [-0.39, 0.29) is 5.91 Å². The maximum atomic E-state index is 13.0. The van der Waals surface area contributed by atoms with E-state index < -0.39 is 0 Å². The van der Waals surface area contributed by atoms with E-state index in [0.29, 0.717) is 37.7 Å². The number of carbonyl (C=O) groups is 1. The molecule has 150 valence electrons. The van der Waals surface area contributed by atoms with Gasteiger partial charge in [-0.15, -0.1) is 5.10 Å². The van der Waals surface area contributed by atoms with E-state index in [4.69, 9.17) is 0 Å². The van der Waals surface area contributed by atoms with Crippen LogP contribution in [-0.2, 0) is 0 Å². The van der Waals surface area contributed by atoms with Gasteiger partial charge in [-0.05, 0) is 35.5 Å². The summed E-state index contributed by atoms with van der Waals surface area (Å²) in [5.41, 5.74) is 2.30. The molecule has 3 aromatic rings. The molecule has 1 aromatic carbocycles. The van der Waals surface area contributed by atoms with Gasteiger partial charge in [-0.1, -0.05) is 6.07 Å². The summed E-state index contributed by atoms with van der Waals surface area (Å²) in [7, 11) is 3.93. The minimum absolute atomic E-state index is 0.00119. The van der Waals surface area contributed by atoms with Gasteiger partial charge in [-0.25, -0.2) is 9.67 Å². The van der Waals surface area contributed by atoms with E-state index in [1.54, 1.807) is 6.07 Å². The number of rotatable bonds is 4. The number of nitrogens with zero attached hydrogens (tertiary/aromatic N) is 9. The van der Waals surface area contributed by atoms with Gasteiger partial charge < -0.3 is 14.7 Å². The van der Waals surface area contributed by atoms with E-state index in [2.05, 4.69) is 30.4 Å². The van der Waals surface area contributed by atoms with Crippen molar-refractivity contribution in [3.05, 3.63) is 47.9 Å². The van der Waals surface area contributed by atoms with Crippen LogP contribution in [0.5, 0.6) is 0 Å². The molecule has 4 rings (SSSR count). The summed E-state index contributed by atoms with van der Waals surface area (Å²) >= 11 is 0. The monoisotopic (exact) mass is 393 g/mol. The number of tetrazole rings is 1. The maximum absolute atomic E-state index is 13.0. The highest BCUT2D eigenvalue weighted by atomic mass is 16.2. The molecule has 1 amide bonds. The lowest BCUT2D eigenvalue weighted by Gasteiger charge is -2.35. The first-order chi connectivity index (χ1) is 14.0. The first-order valence-electron chi connectivity index (χ1n) is 9.42. The Morgan fingerprint density at radius 1 is 1.07 bits per heavy atom. The molecule has 0 N–H and O–H groups in total. The molecule has 1 fully saturated rings. The Hall–Kier alpha value is -3.56. The van der Waals surface area contributed by atoms with Crippen molar-refractivity contribution < 1.29 is 4.79 Å². The molecule has 29 heavy (non-hydrogen) atoms. The Balaban J connectivity index is 1.45. The predicted octanol–water partition coefficient (Wildman–Crippen LogP) is 0.789. The van der Waals surface area contributed by atoms with Gasteiger partial charge in [0, 0.05) is 57.6 Å². The highest BCUT2D eigenvalue weighted by molar-refractivity contribution is 5.95. The van der Waals surface area contributed by atoms with E-state index in [9.17, 15) is 4.79 Å². The quantitative estimate of drug-likeness (QED) is 0.642. The van der Waals surface area contributed by atoms with Crippen LogP contribution in [0.25, 0.3) is 5.69 Å². The fourth-order valence-corrected chi connectivity index (χ4v) is 3.26. The molecule has 3 heterocycles. The van der Waals surface area contributed by atoms with Gasteiger partial charge in [0.05, 0.1) is 5.69 Å². The van der Waals surface area contributed by atoms with Gasteiger partial charge in [0.25, 0.3) is 5.91 Å². The molecule has 1 aliphatic heterocycles. The third kappa shape index (κ3) is 4.00. The molecule has 0 atom stereocenters. The Morgan fingerprint density at radius 3 is 2.55 bits per heavy atom. The number of hydrogen-bond acceptors (Lipinski definition) is 8. The van der Waals surface area contributed by atoms with Gasteiger partial charge >= 0.3 is 0 Å². The molecule has 10 heteroatoms. The van der Waals surface area contributed by atoms with Crippen LogP contribution in [0.4, 0.5) is 11.8 Å². The Morgan fingerprint density at radius 2 is 1.86 bits per heavy atom. The summed E-state index contributed by atoms with van der Waals surface area (Å²) in [6, 6.07) is 9.28. The molecular formula is C19H23N9O. The molecular weight excluding hydrogens is 370 g/mol. The summed E-state index contributed by atoms with van der Waals surface area (Å²) in [5, 5.41) is 11.2. The van der Waals surface area contributed by atoms with Crippen molar-refractivity contribution in [2.75, 3.05) is 50.1 Å². The third-order valence-corrected chi connectivity index (χ3v) is 4.84. The van der Waals surface area contributed by atoms with Crippen LogP contribution in [0, 0.1) is 6.92 Å². The van der Waals surface area contributed by atoms with Gasteiger partial charge in [0.15, 0.2) is 0 Å². The van der Waals surface area contributed by atoms with Crippen LogP contribution in [0.2, 0.25) is 0 Å². The number of aryl methyl sites for hydroxylation is 1. The zero-order valence-electron chi connectivity index (χ0n) is 16.7. The van der Waals surface area contributed by atoms with Crippen molar-refractivity contribution in [3.63, 3.8) is 0 Å². The summed E-state index contributed by atoms with van der Waals surface area (Å²) in [5.74, 6) is 1.59. The summed E-state index contributed by atoms with van der Waals surface area (Å²) < 4.78 is 1.53. The Labute approximate surface area is 168 Å². The van der Waals surface area contributed by atoms with Crippen molar-refractivity contribution in [3.8, 4) is 5.69 Å². The average Bonchev–Trinajstić information content (AvgIpc) is 3.28. The van der Waals surface area contributed by atoms with E-state index >= 15 is 0 Å². The SMILES string of the molecule is Cc1cc(N(C)C)nc(N2CCN(C(=O)c3cccc(-n4cnnn4)c3)CC2)n1. The number of anilines is 2. The second-order valence-corrected chi connectivity index (χ2v) is 7.15. The van der Waals surface area contributed by atoms with Gasteiger partial charge in [0.1, 0.15) is 12.1 Å². The molecule has 0 unspecified atom stereocenters. The highest BCUT2D eigenvalue weighted by Gasteiger charge is 2.24. The molecule has 0 spiro atoms. The van der Waals surface area contributed by atoms with Crippen LogP contribution < -0.4 is 9.80 Å². The minimum atomic E-state index is -0.00119. The van der Waals surface area contributed by atoms with Crippen molar-refractivity contribution in [1.82, 2.24) is 35.1 Å². The lowest BCUT2D eigenvalue weighted by atomic mass is 10.1. The molecule has 1 saturated heterocycles. The number of piperazine rings is 1. The van der Waals surface area contributed by atoms with Crippen molar-refractivity contribution in [2.45, 2.75) is 6.92 Å². The van der Waals surface area contributed by atoms with E-state index in [0.717, 1.165) is 17.2 Å². The summed E-state index contributed by atoms with van der Waals surface area (Å²) in [6.45, 7) is 4.57. The molecule has 0 saturated carbocycles. The topological polar surface area (TPSA) is 96.2 Å². The van der Waals surface area contributed by atoms with Crippen LogP contribution in [-0.4, -0.2) is 81.3 Å². The Kier molecular flexibility index (Phi) is 5.07. The molecule has 2 aromatic heterocycles. The molecule has 0 bridgehead atoms. The first-order valence-corrected chi connectivity index (χ1v) is 9.42. The second-order valence-electron chi connectivity index (χ2n) is 7.15. The van der Waals surface area contributed by atoms with E-state index in [1.165, 1.54) is 11.0 Å². The predicted molar refractivity (Wildman–Crippen MR) is 108 cm³/mol. The van der Waals surface area contributed by atoms with Crippen molar-refractivity contribution in [2.24, 2.45) is 0 Å². The average molecular weight is 393 g/mol.